The molecule has 82 heavy (non-hydrogen) atoms. The van der Waals surface area contributed by atoms with Crippen LogP contribution in [0.5, 0.6) is 0 Å². The van der Waals surface area contributed by atoms with Crippen LogP contribution in [-0.2, 0) is 21.7 Å². The molecule has 3 aliphatic carbocycles. The Bertz CT molecular complexity index is 4800. The van der Waals surface area contributed by atoms with Gasteiger partial charge in [0.05, 0.1) is 5.69 Å². The van der Waals surface area contributed by atoms with Crippen molar-refractivity contribution in [1.29, 1.82) is 0 Å². The molecule has 0 bridgehead atoms. The summed E-state index contributed by atoms with van der Waals surface area (Å²) in [5.41, 5.74) is 29.8. The van der Waals surface area contributed by atoms with E-state index in [1.165, 1.54) is 88.7 Å². The zero-order chi connectivity index (χ0) is 55.8. The summed E-state index contributed by atoms with van der Waals surface area (Å²) < 4.78 is 14.2. The molecule has 0 radical (unpaired) electrons. The van der Waals surface area contributed by atoms with Crippen LogP contribution in [0.2, 0.25) is 0 Å². The van der Waals surface area contributed by atoms with Crippen LogP contribution in [0.3, 0.4) is 0 Å². The SMILES string of the molecule is CC(C)(C)c1ccccc1-c1cc2c(c3c1oc1ccccc13)-c1ccc(N(c3ccc4c(c3)C(C)(C)c3c5c(c6oc7ccccc7c6c3-4)-c3ccccc3C5(C)C)c3c(-c4ccccc4)cccc3-c3ccccc3)cc1C2(C)C. The van der Waals surface area contributed by atoms with Crippen molar-refractivity contribution in [3.8, 4) is 66.8 Å². The van der Waals surface area contributed by atoms with E-state index in [9.17, 15) is 0 Å². The van der Waals surface area contributed by atoms with Gasteiger partial charge in [-0.1, -0.05) is 238 Å². The molecule has 3 nitrogen and oxygen atoms in total. The number of hydrogen-bond donors (Lipinski definition) is 0. The molecule has 0 spiro atoms. The molecule has 3 aliphatic rings. The number of fused-ring (bicyclic) bond motifs is 19. The Morgan fingerprint density at radius 2 is 0.805 bits per heavy atom. The predicted molar refractivity (Wildman–Crippen MR) is 343 cm³/mol. The molecule has 0 aliphatic heterocycles. The largest absolute Gasteiger partial charge is 0.455 e. The first kappa shape index (κ1) is 48.7. The monoisotopic (exact) mass is 1060 g/mol. The lowest BCUT2D eigenvalue weighted by molar-refractivity contribution is 0.591. The Balaban J connectivity index is 0.972. The summed E-state index contributed by atoms with van der Waals surface area (Å²) >= 11 is 0. The van der Waals surface area contributed by atoms with E-state index in [-0.39, 0.29) is 10.8 Å². The minimum Gasteiger partial charge on any atom is -0.455 e. The average Bonchev–Trinajstić information content (AvgIpc) is 1.60. The lowest BCUT2D eigenvalue weighted by atomic mass is 9.72. The average molecular weight is 1060 g/mol. The van der Waals surface area contributed by atoms with E-state index < -0.39 is 10.8 Å². The van der Waals surface area contributed by atoms with E-state index >= 15 is 0 Å². The van der Waals surface area contributed by atoms with Gasteiger partial charge in [-0.15, -0.1) is 0 Å². The molecule has 3 heteroatoms. The second-order valence-corrected chi connectivity index (χ2v) is 25.9. The summed E-state index contributed by atoms with van der Waals surface area (Å²) in [5, 5.41) is 4.69. The number of nitrogens with zero attached hydrogens (tertiary/aromatic N) is 1. The van der Waals surface area contributed by atoms with Crippen LogP contribution in [0, 0.1) is 0 Å². The molecule has 0 saturated heterocycles. The van der Waals surface area contributed by atoms with Crippen LogP contribution in [-0.4, -0.2) is 0 Å². The maximum absolute atomic E-state index is 7.09. The number of benzene rings is 11. The van der Waals surface area contributed by atoms with E-state index in [2.05, 4.69) is 286 Å². The summed E-state index contributed by atoms with van der Waals surface area (Å²) in [6.45, 7) is 21.6. The highest BCUT2D eigenvalue weighted by molar-refractivity contribution is 6.22. The van der Waals surface area contributed by atoms with Crippen molar-refractivity contribution in [1.82, 2.24) is 0 Å². The first-order chi connectivity index (χ1) is 39.6. The van der Waals surface area contributed by atoms with Gasteiger partial charge in [0.1, 0.15) is 22.3 Å². The fourth-order valence-electron chi connectivity index (χ4n) is 15.3. The van der Waals surface area contributed by atoms with Gasteiger partial charge in [0.2, 0.25) is 0 Å². The molecule has 11 aromatic carbocycles. The van der Waals surface area contributed by atoms with Gasteiger partial charge in [0, 0.05) is 71.4 Å². The van der Waals surface area contributed by atoms with Crippen LogP contribution in [0.25, 0.3) is 111 Å². The first-order valence-electron chi connectivity index (χ1n) is 29.2. The van der Waals surface area contributed by atoms with E-state index in [0.29, 0.717) is 0 Å². The number of furan rings is 2. The highest BCUT2D eigenvalue weighted by atomic mass is 16.3. The second kappa shape index (κ2) is 16.9. The van der Waals surface area contributed by atoms with E-state index in [0.717, 1.165) is 78.0 Å². The lowest BCUT2D eigenvalue weighted by Gasteiger charge is -2.33. The minimum absolute atomic E-state index is 0.0860. The smallest absolute Gasteiger partial charge is 0.144 e. The predicted octanol–water partition coefficient (Wildman–Crippen LogP) is 22.2. The van der Waals surface area contributed by atoms with Gasteiger partial charge in [-0.3, -0.25) is 0 Å². The molecule has 2 aromatic heterocycles. The Hall–Kier alpha value is -9.18. The van der Waals surface area contributed by atoms with Gasteiger partial charge in [-0.25, -0.2) is 0 Å². The van der Waals surface area contributed by atoms with Crippen LogP contribution in [0.1, 0.15) is 101 Å². The molecule has 0 atom stereocenters. The molecule has 0 saturated carbocycles. The van der Waals surface area contributed by atoms with Gasteiger partial charge in [-0.05, 0) is 131 Å². The maximum atomic E-state index is 7.09. The molecule has 0 N–H and O–H groups in total. The van der Waals surface area contributed by atoms with Gasteiger partial charge in [0.25, 0.3) is 0 Å². The van der Waals surface area contributed by atoms with Crippen LogP contribution < -0.4 is 4.90 Å². The van der Waals surface area contributed by atoms with E-state index in [1.807, 2.05) is 0 Å². The summed E-state index contributed by atoms with van der Waals surface area (Å²) in [6.07, 6.45) is 0. The molecule has 16 rings (SSSR count). The third-order valence-electron chi connectivity index (χ3n) is 19.1. The van der Waals surface area contributed by atoms with Crippen molar-refractivity contribution >= 4 is 60.9 Å². The van der Waals surface area contributed by atoms with Crippen LogP contribution in [0.4, 0.5) is 17.1 Å². The number of hydrogen-bond acceptors (Lipinski definition) is 3. The fraction of sp³-hybridized carbons (Fsp3) is 0.165. The van der Waals surface area contributed by atoms with Crippen molar-refractivity contribution in [3.05, 3.63) is 257 Å². The van der Waals surface area contributed by atoms with Crippen LogP contribution in [0.15, 0.2) is 227 Å². The van der Waals surface area contributed by atoms with Crippen molar-refractivity contribution < 1.29 is 8.83 Å². The molecule has 0 amide bonds. The van der Waals surface area contributed by atoms with Crippen molar-refractivity contribution in [2.45, 2.75) is 84.0 Å². The maximum Gasteiger partial charge on any atom is 0.144 e. The third kappa shape index (κ3) is 6.59. The van der Waals surface area contributed by atoms with Crippen LogP contribution >= 0.6 is 0 Å². The summed E-state index contributed by atoms with van der Waals surface area (Å²) in [5.74, 6) is 0. The van der Waals surface area contributed by atoms with E-state index in [1.54, 1.807) is 0 Å². The number of para-hydroxylation sites is 3. The van der Waals surface area contributed by atoms with Crippen molar-refractivity contribution in [2.24, 2.45) is 0 Å². The van der Waals surface area contributed by atoms with Gasteiger partial charge in [-0.2, -0.15) is 0 Å². The summed E-state index contributed by atoms with van der Waals surface area (Å²) in [6, 6.07) is 81.2. The van der Waals surface area contributed by atoms with Gasteiger partial charge in [0.15, 0.2) is 0 Å². The Labute approximate surface area is 480 Å². The van der Waals surface area contributed by atoms with Crippen molar-refractivity contribution in [3.63, 3.8) is 0 Å². The van der Waals surface area contributed by atoms with Gasteiger partial charge >= 0.3 is 0 Å². The first-order valence-corrected chi connectivity index (χ1v) is 29.2. The molecule has 396 valence electrons. The fourth-order valence-corrected chi connectivity index (χ4v) is 15.3. The molecular formula is C79H63NO2. The summed E-state index contributed by atoms with van der Waals surface area (Å²) in [4.78, 5) is 2.59. The molecule has 2 heterocycles. The molecular weight excluding hydrogens is 995 g/mol. The second-order valence-electron chi connectivity index (χ2n) is 25.9. The van der Waals surface area contributed by atoms with Gasteiger partial charge < -0.3 is 13.7 Å². The topological polar surface area (TPSA) is 29.5 Å². The zero-order valence-corrected chi connectivity index (χ0v) is 48.0. The minimum atomic E-state index is -0.396. The standard InChI is InChI=1S/C79H63NO2/c1-76(2,3)59-35-20-16-29-52(59)58-45-63-66(68-56-31-18-22-37-64(56)81-74(58)68)54-41-39-48(43-61(54)77(63,4)5)80(73-50(46-25-12-10-13-26-46)33-24-34-51(73)47-27-14-11-15-28-47)49-40-42-55-62(44-49)79(8,9)71-67(55)69-57-32-19-23-38-65(57)82-75(69)70-53-30-17-21-36-60(53)78(6,7)72(70)71/h10-45H,1-9H3. The Morgan fingerprint density at radius 1 is 0.341 bits per heavy atom. The van der Waals surface area contributed by atoms with E-state index in [4.69, 9.17) is 8.83 Å². The molecule has 0 fully saturated rings. The van der Waals surface area contributed by atoms with Crippen molar-refractivity contribution in [2.75, 3.05) is 4.90 Å². The highest BCUT2D eigenvalue weighted by Crippen LogP contribution is 2.64. The summed E-state index contributed by atoms with van der Waals surface area (Å²) in [7, 11) is 0. The molecule has 13 aromatic rings. The number of anilines is 3. The normalized spacial score (nSPS) is 14.9. The highest BCUT2D eigenvalue weighted by Gasteiger charge is 2.49. The number of rotatable bonds is 6. The quantitative estimate of drug-likeness (QED) is 0.166. The zero-order valence-electron chi connectivity index (χ0n) is 48.0. The third-order valence-corrected chi connectivity index (χ3v) is 19.1. The Kier molecular flexibility index (Phi) is 10.1. The Morgan fingerprint density at radius 3 is 1.43 bits per heavy atom. The lowest BCUT2D eigenvalue weighted by Crippen LogP contribution is -2.24. The molecule has 0 unspecified atom stereocenters.